The van der Waals surface area contributed by atoms with Gasteiger partial charge in [0.05, 0.1) is 26.5 Å². The molecule has 0 bridgehead atoms. The number of nitrogens with zero attached hydrogens (tertiary/aromatic N) is 1. The molecular weight excluding hydrogens is 482 g/mol. The summed E-state index contributed by atoms with van der Waals surface area (Å²) in [5.74, 6) is -0.225. The van der Waals surface area contributed by atoms with E-state index in [9.17, 15) is 14.4 Å². The molecule has 4 rings (SSSR count). The molecule has 0 atom stereocenters. The molecular formula is C27H24ClN3O5. The second kappa shape index (κ2) is 11.0. The minimum absolute atomic E-state index is 0.0611. The second-order valence-electron chi connectivity index (χ2n) is 7.94. The van der Waals surface area contributed by atoms with Crippen LogP contribution in [-0.4, -0.2) is 36.8 Å². The van der Waals surface area contributed by atoms with Crippen molar-refractivity contribution in [1.82, 2.24) is 10.2 Å². The summed E-state index contributed by atoms with van der Waals surface area (Å²) in [6, 6.07) is 21.2. The molecule has 2 N–H and O–H groups in total. The van der Waals surface area contributed by atoms with Crippen molar-refractivity contribution < 1.29 is 23.9 Å². The van der Waals surface area contributed by atoms with Crippen LogP contribution in [0.4, 0.5) is 5.69 Å². The van der Waals surface area contributed by atoms with E-state index in [1.807, 2.05) is 30.3 Å². The van der Waals surface area contributed by atoms with E-state index in [2.05, 4.69) is 10.6 Å². The van der Waals surface area contributed by atoms with Gasteiger partial charge in [-0.3, -0.25) is 19.3 Å². The first-order chi connectivity index (χ1) is 17.4. The molecule has 184 valence electrons. The first-order valence-corrected chi connectivity index (χ1v) is 11.4. The lowest BCUT2D eigenvalue weighted by Crippen LogP contribution is -2.33. The van der Waals surface area contributed by atoms with Crippen LogP contribution in [0, 0.1) is 0 Å². The fourth-order valence-electron chi connectivity index (χ4n) is 3.67. The van der Waals surface area contributed by atoms with E-state index in [4.69, 9.17) is 21.1 Å². The Morgan fingerprint density at radius 3 is 2.28 bits per heavy atom. The van der Waals surface area contributed by atoms with Crippen molar-refractivity contribution in [3.8, 4) is 11.5 Å². The molecule has 8 nitrogen and oxygen atoms in total. The molecule has 0 aromatic heterocycles. The minimum atomic E-state index is -0.533. The van der Waals surface area contributed by atoms with Crippen LogP contribution in [0.25, 0.3) is 0 Å². The number of hydrogen-bond acceptors (Lipinski definition) is 6. The van der Waals surface area contributed by atoms with Gasteiger partial charge in [-0.1, -0.05) is 54.1 Å². The molecule has 36 heavy (non-hydrogen) atoms. The molecule has 3 aromatic carbocycles. The standard InChI is InChI=1S/C27H24ClN3O5/c1-35-20-12-13-21(22(14-20)36-2)30-25(32)19-10-8-17(9-11-19)15-29-24-23(28)26(33)31(27(24)34)16-18-6-4-3-5-7-18/h3-14,29H,15-16H2,1-2H3,(H,30,32). The lowest BCUT2D eigenvalue weighted by atomic mass is 10.1. The minimum Gasteiger partial charge on any atom is -0.497 e. The molecule has 9 heteroatoms. The Morgan fingerprint density at radius 1 is 0.889 bits per heavy atom. The molecule has 1 aliphatic heterocycles. The van der Waals surface area contributed by atoms with Gasteiger partial charge in [-0.15, -0.1) is 0 Å². The average molecular weight is 506 g/mol. The number of benzene rings is 3. The molecule has 0 aliphatic carbocycles. The number of halogens is 1. The van der Waals surface area contributed by atoms with Gasteiger partial charge in [0.1, 0.15) is 22.2 Å². The van der Waals surface area contributed by atoms with Gasteiger partial charge in [0, 0.05) is 18.2 Å². The zero-order valence-corrected chi connectivity index (χ0v) is 20.5. The fourth-order valence-corrected chi connectivity index (χ4v) is 3.92. The van der Waals surface area contributed by atoms with Crippen molar-refractivity contribution >= 4 is 35.0 Å². The molecule has 0 saturated heterocycles. The zero-order valence-electron chi connectivity index (χ0n) is 19.7. The second-order valence-corrected chi connectivity index (χ2v) is 8.32. The maximum atomic E-state index is 12.8. The molecule has 0 spiro atoms. The maximum absolute atomic E-state index is 12.8. The Kier molecular flexibility index (Phi) is 7.56. The van der Waals surface area contributed by atoms with Crippen LogP contribution >= 0.6 is 11.6 Å². The number of ether oxygens (including phenoxy) is 2. The molecule has 0 unspecified atom stereocenters. The Balaban J connectivity index is 1.37. The van der Waals surface area contributed by atoms with Crippen LogP contribution in [0.2, 0.25) is 0 Å². The van der Waals surface area contributed by atoms with E-state index in [0.717, 1.165) is 16.0 Å². The number of methoxy groups -OCH3 is 2. The van der Waals surface area contributed by atoms with E-state index in [1.54, 1.807) is 49.6 Å². The lowest BCUT2D eigenvalue weighted by Gasteiger charge is -2.15. The predicted octanol–water partition coefficient (Wildman–Crippen LogP) is 4.07. The normalized spacial score (nSPS) is 13.1. The highest BCUT2D eigenvalue weighted by Gasteiger charge is 2.37. The summed E-state index contributed by atoms with van der Waals surface area (Å²) in [7, 11) is 3.06. The van der Waals surface area contributed by atoms with Gasteiger partial charge in [-0.05, 0) is 35.4 Å². The van der Waals surface area contributed by atoms with E-state index in [1.165, 1.54) is 7.11 Å². The Labute approximate surface area is 213 Å². The van der Waals surface area contributed by atoms with Crippen LogP contribution < -0.4 is 20.1 Å². The highest BCUT2D eigenvalue weighted by atomic mass is 35.5. The number of rotatable bonds is 9. The van der Waals surface area contributed by atoms with Gasteiger partial charge in [-0.2, -0.15) is 0 Å². The highest BCUT2D eigenvalue weighted by molar-refractivity contribution is 6.47. The third kappa shape index (κ3) is 5.34. The number of carbonyl (C=O) groups excluding carboxylic acids is 3. The van der Waals surface area contributed by atoms with Crippen molar-refractivity contribution in [1.29, 1.82) is 0 Å². The monoisotopic (exact) mass is 505 g/mol. The van der Waals surface area contributed by atoms with Gasteiger partial charge in [-0.25, -0.2) is 0 Å². The van der Waals surface area contributed by atoms with Crippen molar-refractivity contribution in [2.24, 2.45) is 0 Å². The first-order valence-electron chi connectivity index (χ1n) is 11.1. The fraction of sp³-hybridized carbons (Fsp3) is 0.148. The number of nitrogens with one attached hydrogen (secondary N) is 2. The van der Waals surface area contributed by atoms with Gasteiger partial charge in [0.15, 0.2) is 0 Å². The molecule has 0 radical (unpaired) electrons. The van der Waals surface area contributed by atoms with Crippen molar-refractivity contribution in [3.63, 3.8) is 0 Å². The number of carbonyl (C=O) groups is 3. The van der Waals surface area contributed by atoms with E-state index >= 15 is 0 Å². The van der Waals surface area contributed by atoms with Gasteiger partial charge >= 0.3 is 0 Å². The molecule has 1 aliphatic rings. The van der Waals surface area contributed by atoms with Crippen molar-refractivity contribution in [3.05, 3.63) is 100 Å². The van der Waals surface area contributed by atoms with Crippen LogP contribution in [-0.2, 0) is 22.7 Å². The molecule has 3 aromatic rings. The van der Waals surface area contributed by atoms with Crippen LogP contribution in [0.1, 0.15) is 21.5 Å². The molecule has 1 heterocycles. The maximum Gasteiger partial charge on any atom is 0.278 e. The first kappa shape index (κ1) is 24.8. The van der Waals surface area contributed by atoms with E-state index in [-0.39, 0.29) is 29.7 Å². The topological polar surface area (TPSA) is 97.0 Å². The smallest absolute Gasteiger partial charge is 0.278 e. The quantitative estimate of drug-likeness (QED) is 0.426. The highest BCUT2D eigenvalue weighted by Crippen LogP contribution is 2.29. The largest absolute Gasteiger partial charge is 0.497 e. The number of anilines is 1. The van der Waals surface area contributed by atoms with Gasteiger partial charge in [0.2, 0.25) is 0 Å². The van der Waals surface area contributed by atoms with Crippen LogP contribution in [0.15, 0.2) is 83.5 Å². The van der Waals surface area contributed by atoms with Crippen LogP contribution in [0.5, 0.6) is 11.5 Å². The summed E-state index contributed by atoms with van der Waals surface area (Å²) in [6.07, 6.45) is 0. The third-order valence-electron chi connectivity index (χ3n) is 5.64. The van der Waals surface area contributed by atoms with E-state index < -0.39 is 11.8 Å². The Hall–Kier alpha value is -4.30. The summed E-state index contributed by atoms with van der Waals surface area (Å²) in [5.41, 5.74) is 2.64. The average Bonchev–Trinajstić information content (AvgIpc) is 3.11. The lowest BCUT2D eigenvalue weighted by molar-refractivity contribution is -0.138. The summed E-state index contributed by atoms with van der Waals surface area (Å²) in [6.45, 7) is 0.390. The Morgan fingerprint density at radius 2 is 1.61 bits per heavy atom. The summed E-state index contributed by atoms with van der Waals surface area (Å²) >= 11 is 6.17. The van der Waals surface area contributed by atoms with Crippen LogP contribution in [0.3, 0.4) is 0 Å². The van der Waals surface area contributed by atoms with Crippen molar-refractivity contribution in [2.75, 3.05) is 19.5 Å². The van der Waals surface area contributed by atoms with Gasteiger partial charge in [0.25, 0.3) is 17.7 Å². The Bertz CT molecular complexity index is 1320. The molecule has 0 fully saturated rings. The summed E-state index contributed by atoms with van der Waals surface area (Å²) in [4.78, 5) is 39.1. The number of hydrogen-bond donors (Lipinski definition) is 2. The third-order valence-corrected chi connectivity index (χ3v) is 5.99. The van der Waals surface area contributed by atoms with Gasteiger partial charge < -0.3 is 20.1 Å². The molecule has 0 saturated carbocycles. The zero-order chi connectivity index (χ0) is 25.7. The number of amides is 3. The predicted molar refractivity (Wildman–Crippen MR) is 136 cm³/mol. The molecule has 3 amide bonds. The SMILES string of the molecule is COc1ccc(NC(=O)c2ccc(CNC3=C(Cl)C(=O)N(Cc4ccccc4)C3=O)cc2)c(OC)c1. The summed E-state index contributed by atoms with van der Waals surface area (Å²) in [5, 5.41) is 5.64. The number of imide groups is 1. The summed E-state index contributed by atoms with van der Waals surface area (Å²) < 4.78 is 10.5. The van der Waals surface area contributed by atoms with E-state index in [0.29, 0.717) is 22.7 Å². The van der Waals surface area contributed by atoms with Crippen molar-refractivity contribution in [2.45, 2.75) is 13.1 Å².